The lowest BCUT2D eigenvalue weighted by atomic mass is 10.2. The van der Waals surface area contributed by atoms with E-state index in [0.29, 0.717) is 10.5 Å². The molecule has 0 amide bonds. The summed E-state index contributed by atoms with van der Waals surface area (Å²) in [6.07, 6.45) is 2.16. The topological polar surface area (TPSA) is 0 Å². The maximum absolute atomic E-state index is 4.35. The molecule has 0 N–H and O–H groups in total. The first-order chi connectivity index (χ1) is 4.16. The van der Waals surface area contributed by atoms with Gasteiger partial charge in [0.15, 0.2) is 0 Å². The molecule has 0 spiro atoms. The van der Waals surface area contributed by atoms with Crippen LogP contribution in [0, 0.1) is 0 Å². The van der Waals surface area contributed by atoms with Crippen LogP contribution in [0.25, 0.3) is 0 Å². The van der Waals surface area contributed by atoms with Crippen LogP contribution in [0.4, 0.5) is 0 Å². The Morgan fingerprint density at radius 3 is 2.22 bits per heavy atom. The molecule has 0 aliphatic carbocycles. The van der Waals surface area contributed by atoms with Crippen molar-refractivity contribution >= 4 is 37.9 Å². The van der Waals surface area contributed by atoms with Gasteiger partial charge in [-0.3, -0.25) is 0 Å². The zero-order valence-electron chi connectivity index (χ0n) is 5.62. The van der Waals surface area contributed by atoms with Crippen LogP contribution in [0.1, 0.15) is 19.8 Å². The van der Waals surface area contributed by atoms with Crippen molar-refractivity contribution in [2.75, 3.05) is 5.75 Å². The monoisotopic (exact) mass is 182 g/mol. The van der Waals surface area contributed by atoms with Crippen LogP contribution >= 0.6 is 37.9 Å². The highest BCUT2D eigenvalue weighted by Crippen LogP contribution is 2.12. The van der Waals surface area contributed by atoms with E-state index in [0.717, 1.165) is 18.6 Å². The Hall–Kier alpha value is 1.05. The van der Waals surface area contributed by atoms with Gasteiger partial charge in [0.1, 0.15) is 0 Å². The first-order valence-electron chi connectivity index (χ1n) is 3.13. The van der Waals surface area contributed by atoms with Crippen LogP contribution < -0.4 is 0 Å². The van der Waals surface area contributed by atoms with Crippen molar-refractivity contribution < 1.29 is 0 Å². The second-order valence-electron chi connectivity index (χ2n) is 2.25. The molecule has 56 valence electrons. The molecule has 0 rings (SSSR count). The van der Waals surface area contributed by atoms with Crippen molar-refractivity contribution in [3.63, 3.8) is 0 Å². The Bertz CT molecular complexity index is 63.3. The van der Waals surface area contributed by atoms with Crippen molar-refractivity contribution in [3.8, 4) is 0 Å². The Morgan fingerprint density at radius 2 is 1.89 bits per heavy atom. The lowest BCUT2D eigenvalue weighted by Gasteiger charge is -2.09. The third-order valence-corrected chi connectivity index (χ3v) is 2.01. The van der Waals surface area contributed by atoms with E-state index in [9.17, 15) is 0 Å². The van der Waals surface area contributed by atoms with E-state index in [1.165, 1.54) is 0 Å². The van der Waals surface area contributed by atoms with E-state index in [-0.39, 0.29) is 0 Å². The van der Waals surface area contributed by atoms with Gasteiger partial charge < -0.3 is 0 Å². The molecule has 2 unspecified atom stereocenters. The van der Waals surface area contributed by atoms with Crippen molar-refractivity contribution in [1.29, 1.82) is 0 Å². The molecule has 0 fully saturated rings. The molecule has 0 aliphatic heterocycles. The van der Waals surface area contributed by atoms with Crippen molar-refractivity contribution in [1.82, 2.24) is 0 Å². The van der Waals surface area contributed by atoms with Crippen LogP contribution in [0.15, 0.2) is 0 Å². The number of thiol groups is 3. The molecule has 0 aromatic carbocycles. The molecule has 0 nitrogen and oxygen atoms in total. The zero-order valence-corrected chi connectivity index (χ0v) is 8.30. The molecule has 0 aromatic heterocycles. The Balaban J connectivity index is 3.15. The van der Waals surface area contributed by atoms with Gasteiger partial charge in [0.05, 0.1) is 0 Å². The molecule has 9 heavy (non-hydrogen) atoms. The number of rotatable bonds is 4. The van der Waals surface area contributed by atoms with Crippen molar-refractivity contribution in [3.05, 3.63) is 0 Å². The van der Waals surface area contributed by atoms with E-state index in [2.05, 4.69) is 44.8 Å². The fourth-order valence-electron chi connectivity index (χ4n) is 0.661. The van der Waals surface area contributed by atoms with E-state index in [4.69, 9.17) is 0 Å². The average Bonchev–Trinajstić information content (AvgIpc) is 1.63. The molecule has 2 atom stereocenters. The summed E-state index contributed by atoms with van der Waals surface area (Å²) in [5.41, 5.74) is 0. The minimum Gasteiger partial charge on any atom is -0.179 e. The van der Waals surface area contributed by atoms with Crippen LogP contribution in [0.2, 0.25) is 0 Å². The molecule has 0 radical (unpaired) electrons. The van der Waals surface area contributed by atoms with Crippen LogP contribution in [0.5, 0.6) is 0 Å². The SMILES string of the molecule is CC(S)CC(S)CCS. The summed E-state index contributed by atoms with van der Waals surface area (Å²) in [6.45, 7) is 2.09. The molecule has 0 aromatic rings. The normalized spacial score (nSPS) is 17.3. The fourth-order valence-corrected chi connectivity index (χ4v) is 2.04. The second-order valence-corrected chi connectivity index (χ2v) is 4.31. The molecule has 0 aliphatic rings. The zero-order chi connectivity index (χ0) is 7.28. The predicted molar refractivity (Wildman–Crippen MR) is 54.3 cm³/mol. The second kappa shape index (κ2) is 5.81. The average molecular weight is 182 g/mol. The van der Waals surface area contributed by atoms with Gasteiger partial charge in [0.25, 0.3) is 0 Å². The Kier molecular flexibility index (Phi) is 6.48. The van der Waals surface area contributed by atoms with Crippen LogP contribution in [-0.4, -0.2) is 16.3 Å². The lowest BCUT2D eigenvalue weighted by molar-refractivity contribution is 0.744. The number of hydrogen-bond donors (Lipinski definition) is 3. The molecule has 3 heteroatoms. The van der Waals surface area contributed by atoms with Crippen LogP contribution in [0.3, 0.4) is 0 Å². The van der Waals surface area contributed by atoms with E-state index in [1.807, 2.05) is 0 Å². The Labute approximate surface area is 74.0 Å². The molecular formula is C6H14S3. The minimum absolute atomic E-state index is 0.465. The third kappa shape index (κ3) is 6.94. The fraction of sp³-hybridized carbons (Fsp3) is 1.00. The van der Waals surface area contributed by atoms with Gasteiger partial charge in [-0.05, 0) is 23.8 Å². The highest BCUT2D eigenvalue weighted by molar-refractivity contribution is 7.82. The van der Waals surface area contributed by atoms with Gasteiger partial charge in [-0.2, -0.15) is 37.9 Å². The van der Waals surface area contributed by atoms with E-state index < -0.39 is 0 Å². The summed E-state index contributed by atoms with van der Waals surface area (Å²) in [7, 11) is 0. The lowest BCUT2D eigenvalue weighted by Crippen LogP contribution is -2.05. The van der Waals surface area contributed by atoms with Gasteiger partial charge in [-0.1, -0.05) is 6.92 Å². The Morgan fingerprint density at radius 1 is 1.33 bits per heavy atom. The smallest absolute Gasteiger partial charge is 0.00348 e. The molecule has 0 saturated carbocycles. The highest BCUT2D eigenvalue weighted by atomic mass is 32.1. The third-order valence-electron chi connectivity index (χ3n) is 1.08. The van der Waals surface area contributed by atoms with E-state index in [1.54, 1.807) is 0 Å². The van der Waals surface area contributed by atoms with Crippen molar-refractivity contribution in [2.24, 2.45) is 0 Å². The quantitative estimate of drug-likeness (QED) is 0.546. The van der Waals surface area contributed by atoms with Gasteiger partial charge in [-0.25, -0.2) is 0 Å². The summed E-state index contributed by atoms with van der Waals surface area (Å²) in [5, 5.41) is 0.947. The summed E-state index contributed by atoms with van der Waals surface area (Å²) < 4.78 is 0. The van der Waals surface area contributed by atoms with Gasteiger partial charge in [-0.15, -0.1) is 0 Å². The van der Waals surface area contributed by atoms with Crippen LogP contribution in [-0.2, 0) is 0 Å². The molecular weight excluding hydrogens is 168 g/mol. The summed E-state index contributed by atoms with van der Waals surface area (Å²) in [5.74, 6) is 0.925. The first kappa shape index (κ1) is 10.0. The highest BCUT2D eigenvalue weighted by Gasteiger charge is 2.03. The van der Waals surface area contributed by atoms with E-state index >= 15 is 0 Å². The molecule has 0 heterocycles. The van der Waals surface area contributed by atoms with Gasteiger partial charge in [0.2, 0.25) is 0 Å². The predicted octanol–water partition coefficient (Wildman–Crippen LogP) is 2.31. The summed E-state index contributed by atoms with van der Waals surface area (Å²) in [4.78, 5) is 0. The molecule has 0 bridgehead atoms. The van der Waals surface area contributed by atoms with Gasteiger partial charge in [0, 0.05) is 5.25 Å². The summed E-state index contributed by atoms with van der Waals surface area (Å²) >= 11 is 12.7. The first-order valence-corrected chi connectivity index (χ1v) is 4.80. The standard InChI is InChI=1S/C6H14S3/c1-5(8)4-6(9)2-3-7/h5-9H,2-4H2,1H3. The van der Waals surface area contributed by atoms with Gasteiger partial charge >= 0.3 is 0 Å². The largest absolute Gasteiger partial charge is 0.179 e. The summed E-state index contributed by atoms with van der Waals surface area (Å²) in [6, 6.07) is 0. The minimum atomic E-state index is 0.465. The van der Waals surface area contributed by atoms with Crippen molar-refractivity contribution in [2.45, 2.75) is 30.3 Å². The maximum atomic E-state index is 4.35. The molecule has 0 saturated heterocycles. The number of hydrogen-bond acceptors (Lipinski definition) is 3. The maximum Gasteiger partial charge on any atom is 0.00348 e.